The number of rotatable bonds is 3. The summed E-state index contributed by atoms with van der Waals surface area (Å²) in [5.41, 5.74) is -0.400. The van der Waals surface area contributed by atoms with Gasteiger partial charge in [-0.05, 0) is 12.1 Å². The van der Waals surface area contributed by atoms with Crippen molar-refractivity contribution >= 4 is 5.97 Å². The highest BCUT2D eigenvalue weighted by atomic mass is 19.1. The van der Waals surface area contributed by atoms with Crippen LogP contribution in [0.25, 0.3) is 0 Å². The molecule has 2 aromatic rings. The van der Waals surface area contributed by atoms with Gasteiger partial charge in [0.2, 0.25) is 5.69 Å². The fourth-order valence-electron chi connectivity index (χ4n) is 1.07. The molecule has 0 spiro atoms. The van der Waals surface area contributed by atoms with Crippen LogP contribution in [0.15, 0.2) is 24.3 Å². The predicted octanol–water partition coefficient (Wildman–Crippen LogP) is 1.43. The molecule has 0 unspecified atom stereocenters. The minimum Gasteiger partial charge on any atom is -0.476 e. The van der Waals surface area contributed by atoms with Gasteiger partial charge in [0.15, 0.2) is 11.6 Å². The number of H-pyrrole nitrogens is 1. The molecule has 1 aromatic heterocycles. The van der Waals surface area contributed by atoms with Crippen LogP contribution >= 0.6 is 0 Å². The molecular weight excluding hydrogens is 217 g/mol. The quantitative estimate of drug-likeness (QED) is 0.821. The Balaban J connectivity index is 2.31. The minimum absolute atomic E-state index is 0.101. The third kappa shape index (κ3) is 1.83. The van der Waals surface area contributed by atoms with Gasteiger partial charge in [-0.1, -0.05) is 17.3 Å². The second-order valence-corrected chi connectivity index (χ2v) is 2.83. The Bertz CT molecular complexity index is 526. The maximum absolute atomic E-state index is 13.2. The summed E-state index contributed by atoms with van der Waals surface area (Å²) in [4.78, 5) is 10.7. The molecule has 1 aromatic carbocycles. The largest absolute Gasteiger partial charge is 0.476 e. The van der Waals surface area contributed by atoms with Crippen molar-refractivity contribution in [3.8, 4) is 11.6 Å². The summed E-state index contributed by atoms with van der Waals surface area (Å²) < 4.78 is 18.2. The monoisotopic (exact) mass is 223 g/mol. The second-order valence-electron chi connectivity index (χ2n) is 2.83. The minimum atomic E-state index is -1.31. The summed E-state index contributed by atoms with van der Waals surface area (Å²) in [7, 11) is 0. The summed E-state index contributed by atoms with van der Waals surface area (Å²) in [6.07, 6.45) is 0. The van der Waals surface area contributed by atoms with Crippen LogP contribution in [0.2, 0.25) is 0 Å². The SMILES string of the molecule is O=C(O)c1nn[nH]c1Oc1ccccc1F. The third-order valence-corrected chi connectivity index (χ3v) is 1.77. The van der Waals surface area contributed by atoms with Crippen molar-refractivity contribution in [3.63, 3.8) is 0 Å². The Morgan fingerprint density at radius 3 is 2.88 bits per heavy atom. The van der Waals surface area contributed by atoms with E-state index in [1.807, 2.05) is 0 Å². The highest BCUT2D eigenvalue weighted by molar-refractivity contribution is 5.87. The van der Waals surface area contributed by atoms with Crippen LogP contribution in [0.1, 0.15) is 10.5 Å². The van der Waals surface area contributed by atoms with Crippen molar-refractivity contribution in [3.05, 3.63) is 35.8 Å². The van der Waals surface area contributed by atoms with Crippen LogP contribution in [0.4, 0.5) is 4.39 Å². The number of benzene rings is 1. The molecule has 0 aliphatic rings. The van der Waals surface area contributed by atoms with Crippen molar-refractivity contribution in [2.24, 2.45) is 0 Å². The van der Waals surface area contributed by atoms with Gasteiger partial charge in [-0.3, -0.25) is 0 Å². The Kier molecular flexibility index (Phi) is 2.50. The Morgan fingerprint density at radius 2 is 2.19 bits per heavy atom. The lowest BCUT2D eigenvalue weighted by Gasteiger charge is -2.03. The highest BCUT2D eigenvalue weighted by Crippen LogP contribution is 2.23. The number of carboxylic acids is 1. The molecular formula is C9H6FN3O3. The third-order valence-electron chi connectivity index (χ3n) is 1.77. The number of para-hydroxylation sites is 1. The van der Waals surface area contributed by atoms with Crippen LogP contribution in [0.3, 0.4) is 0 Å². The fourth-order valence-corrected chi connectivity index (χ4v) is 1.07. The number of hydrogen-bond acceptors (Lipinski definition) is 4. The van der Waals surface area contributed by atoms with E-state index in [2.05, 4.69) is 15.4 Å². The summed E-state index contributed by atoms with van der Waals surface area (Å²) >= 11 is 0. The topological polar surface area (TPSA) is 88.1 Å². The van der Waals surface area contributed by atoms with E-state index in [-0.39, 0.29) is 11.6 Å². The van der Waals surface area contributed by atoms with Crippen LogP contribution < -0.4 is 4.74 Å². The van der Waals surface area contributed by atoms with Gasteiger partial charge in [0.05, 0.1) is 0 Å². The molecule has 0 aliphatic heterocycles. The Hall–Kier alpha value is -2.44. The van der Waals surface area contributed by atoms with Gasteiger partial charge in [0, 0.05) is 0 Å². The first-order valence-electron chi connectivity index (χ1n) is 4.25. The van der Waals surface area contributed by atoms with Crippen molar-refractivity contribution in [2.75, 3.05) is 0 Å². The molecule has 2 rings (SSSR count). The van der Waals surface area contributed by atoms with Crippen molar-refractivity contribution in [1.82, 2.24) is 15.4 Å². The van der Waals surface area contributed by atoms with Gasteiger partial charge < -0.3 is 9.84 Å². The van der Waals surface area contributed by atoms with Gasteiger partial charge in [-0.15, -0.1) is 5.10 Å². The summed E-state index contributed by atoms with van der Waals surface area (Å²) in [6, 6.07) is 5.61. The first-order chi connectivity index (χ1) is 7.68. The maximum Gasteiger partial charge on any atom is 0.362 e. The standard InChI is InChI=1S/C9H6FN3O3/c10-5-3-1-2-4-6(5)16-8-7(9(14)15)11-13-12-8/h1-4H,(H,14,15)(H,11,12,13). The van der Waals surface area contributed by atoms with E-state index in [1.54, 1.807) is 6.07 Å². The molecule has 0 fully saturated rings. The molecule has 0 radical (unpaired) electrons. The van der Waals surface area contributed by atoms with Gasteiger partial charge in [-0.2, -0.15) is 0 Å². The molecule has 0 amide bonds. The van der Waals surface area contributed by atoms with Crippen molar-refractivity contribution < 1.29 is 19.0 Å². The van der Waals surface area contributed by atoms with Crippen molar-refractivity contribution in [2.45, 2.75) is 0 Å². The fraction of sp³-hybridized carbons (Fsp3) is 0. The number of halogens is 1. The van der Waals surface area contributed by atoms with Crippen molar-refractivity contribution in [1.29, 1.82) is 0 Å². The molecule has 0 atom stereocenters. The van der Waals surface area contributed by atoms with Gasteiger partial charge >= 0.3 is 5.97 Å². The van der Waals surface area contributed by atoms with E-state index in [9.17, 15) is 9.18 Å². The molecule has 0 saturated heterocycles. The zero-order chi connectivity index (χ0) is 11.5. The number of ether oxygens (including phenoxy) is 1. The molecule has 2 N–H and O–H groups in total. The van der Waals surface area contributed by atoms with E-state index in [4.69, 9.17) is 9.84 Å². The number of aromatic amines is 1. The number of nitrogens with zero attached hydrogens (tertiary/aromatic N) is 2. The number of hydrogen-bond donors (Lipinski definition) is 2. The Labute approximate surface area is 88.7 Å². The molecule has 0 aliphatic carbocycles. The Morgan fingerprint density at radius 1 is 1.44 bits per heavy atom. The smallest absolute Gasteiger partial charge is 0.362 e. The lowest BCUT2D eigenvalue weighted by atomic mass is 10.3. The first-order valence-corrected chi connectivity index (χ1v) is 4.25. The summed E-state index contributed by atoms with van der Waals surface area (Å²) in [6.45, 7) is 0. The first kappa shape index (κ1) is 10.1. The van der Waals surface area contributed by atoms with Crippen LogP contribution in [-0.4, -0.2) is 26.5 Å². The zero-order valence-corrected chi connectivity index (χ0v) is 7.85. The maximum atomic E-state index is 13.2. The summed E-state index contributed by atoms with van der Waals surface area (Å²) in [5.74, 6) is -2.22. The van der Waals surface area contributed by atoms with Crippen LogP contribution in [0.5, 0.6) is 11.6 Å². The van der Waals surface area contributed by atoms with Crippen LogP contribution in [0, 0.1) is 5.82 Å². The van der Waals surface area contributed by atoms with E-state index in [0.29, 0.717) is 0 Å². The zero-order valence-electron chi connectivity index (χ0n) is 7.85. The number of carbonyl (C=O) groups is 1. The average molecular weight is 223 g/mol. The summed E-state index contributed by atoms with van der Waals surface area (Å²) in [5, 5.41) is 17.5. The number of nitrogens with one attached hydrogen (secondary N) is 1. The van der Waals surface area contributed by atoms with E-state index >= 15 is 0 Å². The predicted molar refractivity (Wildman–Crippen MR) is 49.8 cm³/mol. The molecule has 16 heavy (non-hydrogen) atoms. The van der Waals surface area contributed by atoms with Gasteiger partial charge in [0.1, 0.15) is 0 Å². The number of aromatic nitrogens is 3. The molecule has 6 nitrogen and oxygen atoms in total. The second kappa shape index (κ2) is 3.97. The van der Waals surface area contributed by atoms with E-state index in [0.717, 1.165) is 0 Å². The molecule has 82 valence electrons. The van der Waals surface area contributed by atoms with E-state index < -0.39 is 17.5 Å². The van der Waals surface area contributed by atoms with Gasteiger partial charge in [0.25, 0.3) is 5.88 Å². The van der Waals surface area contributed by atoms with Gasteiger partial charge in [-0.25, -0.2) is 14.3 Å². The van der Waals surface area contributed by atoms with E-state index in [1.165, 1.54) is 18.2 Å². The lowest BCUT2D eigenvalue weighted by Crippen LogP contribution is -2.00. The molecule has 7 heteroatoms. The normalized spacial score (nSPS) is 10.1. The highest BCUT2D eigenvalue weighted by Gasteiger charge is 2.17. The molecule has 0 saturated carbocycles. The number of carboxylic acid groups (broad SMARTS) is 1. The molecule has 0 bridgehead atoms. The molecule has 1 heterocycles. The average Bonchev–Trinajstić information content (AvgIpc) is 2.69. The van der Waals surface area contributed by atoms with Crippen LogP contribution in [-0.2, 0) is 0 Å². The number of aromatic carboxylic acids is 1. The lowest BCUT2D eigenvalue weighted by molar-refractivity contribution is 0.0687.